The van der Waals surface area contributed by atoms with Gasteiger partial charge in [0.2, 0.25) is 0 Å². The third kappa shape index (κ3) is 6.77. The number of hydrogen-bond acceptors (Lipinski definition) is 3. The van der Waals surface area contributed by atoms with E-state index >= 15 is 0 Å². The SMILES string of the molecule is CCOC(=O)C=C(C)C=CC=C(C)C=Cc1c(C)c(CC)c(OC)c(CC)c1C. The smallest absolute Gasteiger partial charge is 0.330 e. The van der Waals surface area contributed by atoms with Crippen LogP contribution >= 0.6 is 0 Å². The van der Waals surface area contributed by atoms with E-state index < -0.39 is 0 Å². The van der Waals surface area contributed by atoms with Crippen molar-refractivity contribution in [1.82, 2.24) is 0 Å². The largest absolute Gasteiger partial charge is 0.496 e. The summed E-state index contributed by atoms with van der Waals surface area (Å²) in [5.74, 6) is 0.736. The Morgan fingerprint density at radius 1 is 0.931 bits per heavy atom. The second kappa shape index (κ2) is 12.1. The van der Waals surface area contributed by atoms with Gasteiger partial charge in [-0.3, -0.25) is 0 Å². The number of hydrogen-bond donors (Lipinski definition) is 0. The minimum Gasteiger partial charge on any atom is -0.496 e. The molecule has 0 aliphatic rings. The molecule has 0 amide bonds. The van der Waals surface area contributed by atoms with Gasteiger partial charge < -0.3 is 9.47 Å². The number of carbonyl (C=O) groups excluding carboxylic acids is 1. The number of carbonyl (C=O) groups is 1. The van der Waals surface area contributed by atoms with Crippen LogP contribution in [0.3, 0.4) is 0 Å². The molecule has 0 fully saturated rings. The molecule has 0 N–H and O–H groups in total. The zero-order valence-corrected chi connectivity index (χ0v) is 19.3. The van der Waals surface area contributed by atoms with Crippen LogP contribution in [0.15, 0.2) is 41.5 Å². The van der Waals surface area contributed by atoms with Crippen LogP contribution in [0, 0.1) is 13.8 Å². The van der Waals surface area contributed by atoms with E-state index in [2.05, 4.69) is 46.8 Å². The Bertz CT molecular complexity index is 805. The maximum absolute atomic E-state index is 11.5. The van der Waals surface area contributed by atoms with Crippen molar-refractivity contribution >= 4 is 12.0 Å². The van der Waals surface area contributed by atoms with Crippen molar-refractivity contribution in [3.8, 4) is 5.75 Å². The van der Waals surface area contributed by atoms with Crippen LogP contribution in [0.1, 0.15) is 62.4 Å². The highest BCUT2D eigenvalue weighted by Crippen LogP contribution is 2.35. The number of benzene rings is 1. The highest BCUT2D eigenvalue weighted by Gasteiger charge is 2.16. The van der Waals surface area contributed by atoms with Crippen molar-refractivity contribution in [1.29, 1.82) is 0 Å². The first kappa shape index (κ1) is 24.5. The highest BCUT2D eigenvalue weighted by atomic mass is 16.5. The summed E-state index contributed by atoms with van der Waals surface area (Å²) in [7, 11) is 1.76. The second-order valence-corrected chi connectivity index (χ2v) is 7.10. The van der Waals surface area contributed by atoms with E-state index in [4.69, 9.17) is 9.47 Å². The molecule has 0 bridgehead atoms. The Balaban J connectivity index is 3.12. The van der Waals surface area contributed by atoms with Gasteiger partial charge in [-0.2, -0.15) is 0 Å². The number of methoxy groups -OCH3 is 1. The Kier molecular flexibility index (Phi) is 10.2. The van der Waals surface area contributed by atoms with Crippen LogP contribution in [0.5, 0.6) is 5.75 Å². The molecule has 0 atom stereocenters. The highest BCUT2D eigenvalue weighted by molar-refractivity contribution is 5.83. The average Bonchev–Trinajstić information content (AvgIpc) is 2.67. The van der Waals surface area contributed by atoms with Crippen molar-refractivity contribution in [2.75, 3.05) is 13.7 Å². The van der Waals surface area contributed by atoms with E-state index in [1.54, 1.807) is 14.0 Å². The van der Waals surface area contributed by atoms with Gasteiger partial charge in [0.1, 0.15) is 5.75 Å². The fraction of sp³-hybridized carbons (Fsp3) is 0.423. The van der Waals surface area contributed by atoms with Gasteiger partial charge in [0, 0.05) is 6.08 Å². The van der Waals surface area contributed by atoms with Crippen molar-refractivity contribution < 1.29 is 14.3 Å². The molecular weight excluding hydrogens is 360 g/mol. The molecular formula is C26H36O3. The monoisotopic (exact) mass is 396 g/mol. The van der Waals surface area contributed by atoms with Gasteiger partial charge in [-0.15, -0.1) is 0 Å². The lowest BCUT2D eigenvalue weighted by Crippen LogP contribution is -2.04. The molecule has 0 radical (unpaired) electrons. The van der Waals surface area contributed by atoms with Crippen LogP contribution in [0.2, 0.25) is 0 Å². The Morgan fingerprint density at radius 3 is 2.00 bits per heavy atom. The first-order valence-electron chi connectivity index (χ1n) is 10.4. The molecule has 1 aromatic rings. The maximum atomic E-state index is 11.5. The van der Waals surface area contributed by atoms with Crippen LogP contribution in [0.25, 0.3) is 6.08 Å². The Labute approximate surface area is 176 Å². The minimum absolute atomic E-state index is 0.306. The van der Waals surface area contributed by atoms with Crippen molar-refractivity contribution in [3.63, 3.8) is 0 Å². The summed E-state index contributed by atoms with van der Waals surface area (Å²) in [5, 5.41) is 0. The summed E-state index contributed by atoms with van der Waals surface area (Å²) in [4.78, 5) is 11.5. The Morgan fingerprint density at radius 2 is 1.52 bits per heavy atom. The van der Waals surface area contributed by atoms with Gasteiger partial charge in [0.15, 0.2) is 0 Å². The molecule has 0 aliphatic heterocycles. The van der Waals surface area contributed by atoms with Gasteiger partial charge >= 0.3 is 5.97 Å². The van der Waals surface area contributed by atoms with Gasteiger partial charge in [0.25, 0.3) is 0 Å². The first-order valence-corrected chi connectivity index (χ1v) is 10.4. The third-order valence-corrected chi connectivity index (χ3v) is 5.04. The lowest BCUT2D eigenvalue weighted by Gasteiger charge is -2.20. The number of ether oxygens (including phenoxy) is 2. The molecule has 1 aromatic carbocycles. The number of rotatable bonds is 9. The van der Waals surface area contributed by atoms with Crippen LogP contribution < -0.4 is 4.74 Å². The number of esters is 1. The third-order valence-electron chi connectivity index (χ3n) is 5.04. The van der Waals surface area contributed by atoms with Gasteiger partial charge in [-0.05, 0) is 80.9 Å². The lowest BCUT2D eigenvalue weighted by atomic mass is 9.89. The minimum atomic E-state index is -0.306. The van der Waals surface area contributed by atoms with E-state index in [1.165, 1.54) is 33.9 Å². The Hall–Kier alpha value is -2.55. The molecule has 1 rings (SSSR count). The van der Waals surface area contributed by atoms with Gasteiger partial charge in [-0.1, -0.05) is 49.8 Å². The summed E-state index contributed by atoms with van der Waals surface area (Å²) in [6.07, 6.45) is 13.6. The summed E-state index contributed by atoms with van der Waals surface area (Å²) in [6, 6.07) is 0. The van der Waals surface area contributed by atoms with Crippen molar-refractivity contribution in [3.05, 3.63) is 69.3 Å². The molecule has 3 nitrogen and oxygen atoms in total. The zero-order valence-electron chi connectivity index (χ0n) is 19.3. The summed E-state index contributed by atoms with van der Waals surface area (Å²) in [5.41, 5.74) is 8.41. The predicted molar refractivity (Wildman–Crippen MR) is 124 cm³/mol. The standard InChI is InChI=1S/C26H36O3/c1-9-22-20(6)24(21(7)23(10-2)26(22)28-8)16-15-18(4)13-12-14-19(5)17-25(27)29-11-3/h12-17H,9-11H2,1-8H3. The molecule has 0 aromatic heterocycles. The molecule has 0 unspecified atom stereocenters. The molecule has 0 saturated heterocycles. The fourth-order valence-electron chi connectivity index (χ4n) is 3.52. The molecule has 0 saturated carbocycles. The quantitative estimate of drug-likeness (QED) is 0.273. The topological polar surface area (TPSA) is 35.5 Å². The molecule has 3 heteroatoms. The maximum Gasteiger partial charge on any atom is 0.330 e. The van der Waals surface area contributed by atoms with Gasteiger partial charge in [-0.25, -0.2) is 4.79 Å². The molecule has 0 aliphatic carbocycles. The molecule has 0 heterocycles. The van der Waals surface area contributed by atoms with Crippen LogP contribution in [-0.2, 0) is 22.4 Å². The molecule has 29 heavy (non-hydrogen) atoms. The fourth-order valence-corrected chi connectivity index (χ4v) is 3.52. The average molecular weight is 397 g/mol. The summed E-state index contributed by atoms with van der Waals surface area (Å²) < 4.78 is 10.7. The van der Waals surface area contributed by atoms with E-state index in [9.17, 15) is 4.79 Å². The van der Waals surface area contributed by atoms with Crippen LogP contribution in [0.4, 0.5) is 0 Å². The summed E-state index contributed by atoms with van der Waals surface area (Å²) in [6.45, 7) is 14.8. The lowest BCUT2D eigenvalue weighted by molar-refractivity contribution is -0.137. The first-order chi connectivity index (χ1) is 13.8. The van der Waals surface area contributed by atoms with E-state index in [1.807, 2.05) is 25.2 Å². The molecule has 158 valence electrons. The molecule has 0 spiro atoms. The summed E-state index contributed by atoms with van der Waals surface area (Å²) >= 11 is 0. The predicted octanol–water partition coefficient (Wildman–Crippen LogP) is 6.46. The van der Waals surface area contributed by atoms with Crippen molar-refractivity contribution in [2.45, 2.75) is 61.3 Å². The van der Waals surface area contributed by atoms with E-state index in [0.29, 0.717) is 6.61 Å². The van der Waals surface area contributed by atoms with E-state index in [0.717, 1.165) is 29.7 Å². The second-order valence-electron chi connectivity index (χ2n) is 7.10. The van der Waals surface area contributed by atoms with Crippen molar-refractivity contribution in [2.24, 2.45) is 0 Å². The zero-order chi connectivity index (χ0) is 22.0. The number of allylic oxidation sites excluding steroid dienone is 6. The van der Waals surface area contributed by atoms with E-state index in [-0.39, 0.29) is 5.97 Å². The normalized spacial score (nSPS) is 12.8. The van der Waals surface area contributed by atoms with Crippen LogP contribution in [-0.4, -0.2) is 19.7 Å². The van der Waals surface area contributed by atoms with Gasteiger partial charge in [0.05, 0.1) is 13.7 Å².